The van der Waals surface area contributed by atoms with E-state index in [0.717, 1.165) is 0 Å². The Morgan fingerprint density at radius 1 is 0.958 bits per heavy atom. The summed E-state index contributed by atoms with van der Waals surface area (Å²) in [4.78, 5) is 0. The molecule has 10 heteroatoms. The molecule has 0 saturated heterocycles. The Bertz CT molecular complexity index is 475. The third-order valence-corrected chi connectivity index (χ3v) is 4.89. The lowest BCUT2D eigenvalue weighted by Crippen LogP contribution is -2.69. The minimum atomic E-state index is -2.06. The maximum Gasteiger partial charge on any atom is 0.118 e. The lowest BCUT2D eigenvalue weighted by atomic mass is 9.75. The maximum atomic E-state index is 10.2. The Balaban J connectivity index is 2.21. The second-order valence-corrected chi connectivity index (χ2v) is 6.52. The fourth-order valence-electron chi connectivity index (χ4n) is 3.27. The van der Waals surface area contributed by atoms with E-state index in [1.165, 1.54) is 6.08 Å². The van der Waals surface area contributed by atoms with Crippen molar-refractivity contribution in [2.45, 2.75) is 60.7 Å². The highest BCUT2D eigenvalue weighted by atomic mass is 16.4. The summed E-state index contributed by atoms with van der Waals surface area (Å²) in [5.74, 6) is 0. The topological polar surface area (TPSA) is 194 Å². The highest BCUT2D eigenvalue weighted by Crippen LogP contribution is 2.31. The average Bonchev–Trinajstić information content (AvgIpc) is 2.58. The third kappa shape index (κ3) is 3.35. The monoisotopic (exact) mass is 351 g/mol. The zero-order valence-corrected chi connectivity index (χ0v) is 12.8. The third-order valence-electron chi connectivity index (χ3n) is 4.89. The molecule has 24 heavy (non-hydrogen) atoms. The Morgan fingerprint density at radius 3 is 2.12 bits per heavy atom. The van der Waals surface area contributed by atoms with Gasteiger partial charge >= 0.3 is 0 Å². The van der Waals surface area contributed by atoms with E-state index < -0.39 is 67.5 Å². The van der Waals surface area contributed by atoms with E-state index in [-0.39, 0.29) is 12.0 Å². The van der Waals surface area contributed by atoms with Gasteiger partial charge in [0.2, 0.25) is 0 Å². The lowest BCUT2D eigenvalue weighted by molar-refractivity contribution is -0.208. The molecular formula is C14H25NO9. The molecule has 0 aliphatic heterocycles. The van der Waals surface area contributed by atoms with Crippen molar-refractivity contribution in [2.24, 2.45) is 0 Å². The number of hydrogen-bond acceptors (Lipinski definition) is 10. The molecule has 0 heterocycles. The Labute approximate surface area is 137 Å². The van der Waals surface area contributed by atoms with Crippen molar-refractivity contribution in [1.82, 2.24) is 5.32 Å². The van der Waals surface area contributed by atoms with Gasteiger partial charge in [0.25, 0.3) is 0 Å². The summed E-state index contributed by atoms with van der Waals surface area (Å²) in [6.45, 7) is -1.42. The first kappa shape index (κ1) is 19.7. The molecule has 1 fully saturated rings. The molecule has 0 bridgehead atoms. The molecule has 2 aliphatic rings. The minimum absolute atomic E-state index is 0.0635. The molecule has 0 aromatic heterocycles. The van der Waals surface area contributed by atoms with E-state index in [4.69, 9.17) is 0 Å². The normalized spacial score (nSPS) is 49.8. The van der Waals surface area contributed by atoms with Crippen LogP contribution in [0.15, 0.2) is 11.6 Å². The standard InChI is InChI=1S/C14H25NO9/c16-3-5-1-6(9(19)11(21)8(5)18)15-7-2-14(24,4-17)13(23)12(22)10(7)20/h1,6-13,15-24H,2-4H2/t6-,7-,8-,9+,10+,11+,12-,13+,14-/m1/s1. The second-order valence-electron chi connectivity index (χ2n) is 6.52. The van der Waals surface area contributed by atoms with Crippen molar-refractivity contribution >= 4 is 0 Å². The fraction of sp³-hybridized carbons (Fsp3) is 0.857. The van der Waals surface area contributed by atoms with Gasteiger partial charge in [-0.1, -0.05) is 6.08 Å². The van der Waals surface area contributed by atoms with Crippen molar-refractivity contribution in [3.05, 3.63) is 11.6 Å². The zero-order chi connectivity index (χ0) is 18.2. The lowest BCUT2D eigenvalue weighted by Gasteiger charge is -2.47. The van der Waals surface area contributed by atoms with Gasteiger partial charge in [0.05, 0.1) is 25.4 Å². The highest BCUT2D eigenvalue weighted by molar-refractivity contribution is 5.22. The molecule has 0 aromatic carbocycles. The molecule has 0 aromatic rings. The molecule has 2 aliphatic carbocycles. The summed E-state index contributed by atoms with van der Waals surface area (Å²) in [6, 6.07) is -2.05. The van der Waals surface area contributed by atoms with E-state index in [1.54, 1.807) is 0 Å². The van der Waals surface area contributed by atoms with Crippen LogP contribution in [-0.4, -0.2) is 113 Å². The van der Waals surface area contributed by atoms with Gasteiger partial charge in [-0.3, -0.25) is 0 Å². The molecule has 140 valence electrons. The Kier molecular flexibility index (Phi) is 5.98. The second kappa shape index (κ2) is 7.30. The van der Waals surface area contributed by atoms with Crippen LogP contribution in [-0.2, 0) is 0 Å². The fourth-order valence-corrected chi connectivity index (χ4v) is 3.27. The Morgan fingerprint density at radius 2 is 1.58 bits per heavy atom. The van der Waals surface area contributed by atoms with Crippen LogP contribution in [0.3, 0.4) is 0 Å². The van der Waals surface area contributed by atoms with Crippen LogP contribution in [0.5, 0.6) is 0 Å². The number of rotatable bonds is 4. The molecule has 0 amide bonds. The molecule has 0 spiro atoms. The van der Waals surface area contributed by atoms with Gasteiger partial charge in [0, 0.05) is 6.04 Å². The van der Waals surface area contributed by atoms with Gasteiger partial charge in [-0.05, 0) is 12.0 Å². The molecule has 10 N–H and O–H groups in total. The van der Waals surface area contributed by atoms with Crippen LogP contribution >= 0.6 is 0 Å². The first-order chi connectivity index (χ1) is 11.2. The first-order valence-corrected chi connectivity index (χ1v) is 7.65. The number of aliphatic hydroxyl groups is 9. The SMILES string of the molecule is OCC1=C[C@@H](N[C@@H]2C[C@@](O)(CO)[C@@H](O)[C@H](O)[C@H]2O)[C@H](O)[C@@H](O)[C@@H]1O. The van der Waals surface area contributed by atoms with Crippen molar-refractivity contribution in [3.63, 3.8) is 0 Å². The van der Waals surface area contributed by atoms with Gasteiger partial charge < -0.3 is 51.3 Å². The summed E-state index contributed by atoms with van der Waals surface area (Å²) in [7, 11) is 0. The van der Waals surface area contributed by atoms with Gasteiger partial charge in [-0.2, -0.15) is 0 Å². The van der Waals surface area contributed by atoms with E-state index in [9.17, 15) is 46.0 Å². The van der Waals surface area contributed by atoms with E-state index >= 15 is 0 Å². The van der Waals surface area contributed by atoms with Gasteiger partial charge in [-0.25, -0.2) is 0 Å². The first-order valence-electron chi connectivity index (χ1n) is 7.65. The van der Waals surface area contributed by atoms with Crippen molar-refractivity contribution in [2.75, 3.05) is 13.2 Å². The van der Waals surface area contributed by atoms with E-state index in [0.29, 0.717) is 0 Å². The van der Waals surface area contributed by atoms with Gasteiger partial charge in [0.1, 0.15) is 36.1 Å². The average molecular weight is 351 g/mol. The number of hydrogen-bond donors (Lipinski definition) is 10. The quantitative estimate of drug-likeness (QED) is 0.218. The van der Waals surface area contributed by atoms with Crippen LogP contribution in [0.25, 0.3) is 0 Å². The number of nitrogens with one attached hydrogen (secondary N) is 1. The van der Waals surface area contributed by atoms with Gasteiger partial charge in [0.15, 0.2) is 0 Å². The zero-order valence-electron chi connectivity index (χ0n) is 12.8. The van der Waals surface area contributed by atoms with Crippen molar-refractivity contribution in [3.8, 4) is 0 Å². The predicted octanol–water partition coefficient (Wildman–Crippen LogP) is -5.46. The smallest absolute Gasteiger partial charge is 0.118 e. The highest BCUT2D eigenvalue weighted by Gasteiger charge is 2.52. The van der Waals surface area contributed by atoms with Crippen molar-refractivity contribution in [1.29, 1.82) is 0 Å². The predicted molar refractivity (Wildman–Crippen MR) is 78.6 cm³/mol. The summed E-state index contributed by atoms with van der Waals surface area (Å²) in [5.41, 5.74) is -1.99. The molecule has 10 nitrogen and oxygen atoms in total. The van der Waals surface area contributed by atoms with Crippen molar-refractivity contribution < 1.29 is 46.0 Å². The van der Waals surface area contributed by atoms with Crippen LogP contribution in [0.2, 0.25) is 0 Å². The van der Waals surface area contributed by atoms with Crippen LogP contribution in [0, 0.1) is 0 Å². The number of aliphatic hydroxyl groups excluding tert-OH is 8. The van der Waals surface area contributed by atoms with Crippen LogP contribution in [0.4, 0.5) is 0 Å². The van der Waals surface area contributed by atoms with Crippen LogP contribution in [0.1, 0.15) is 6.42 Å². The summed E-state index contributed by atoms with van der Waals surface area (Å²) >= 11 is 0. The van der Waals surface area contributed by atoms with Crippen LogP contribution < -0.4 is 5.32 Å². The summed E-state index contributed by atoms with van der Waals surface area (Å²) in [5, 5.41) is 90.6. The molecule has 0 radical (unpaired) electrons. The van der Waals surface area contributed by atoms with E-state index in [1.807, 2.05) is 0 Å². The van der Waals surface area contributed by atoms with E-state index in [2.05, 4.69) is 5.32 Å². The maximum absolute atomic E-state index is 10.2. The minimum Gasteiger partial charge on any atom is -0.393 e. The molecule has 9 atom stereocenters. The molecule has 0 unspecified atom stereocenters. The molecule has 2 rings (SSSR count). The Hall–Kier alpha value is -0.660. The van der Waals surface area contributed by atoms with Gasteiger partial charge in [-0.15, -0.1) is 0 Å². The molecular weight excluding hydrogens is 326 g/mol. The summed E-state index contributed by atoms with van der Waals surface area (Å²) in [6.07, 6.45) is -8.59. The summed E-state index contributed by atoms with van der Waals surface area (Å²) < 4.78 is 0. The largest absolute Gasteiger partial charge is 0.393 e. The molecule has 1 saturated carbocycles.